The largest absolute Gasteiger partial charge is 0.388 e. The van der Waals surface area contributed by atoms with Crippen LogP contribution in [0.1, 0.15) is 27.6 Å². The molecule has 0 aliphatic heterocycles. The number of rotatable bonds is 2. The molecule has 0 aromatic carbocycles. The van der Waals surface area contributed by atoms with Gasteiger partial charge in [-0.05, 0) is 63.0 Å². The van der Waals surface area contributed by atoms with Crippen molar-refractivity contribution >= 4 is 60.8 Å². The molecule has 0 radical (unpaired) electrons. The Hall–Kier alpha value is -0.0100. The maximum Gasteiger partial charge on any atom is 0.160 e. The minimum Gasteiger partial charge on any atom is -0.388 e. The van der Waals surface area contributed by atoms with E-state index in [1.165, 1.54) is 11.3 Å². The molecule has 0 saturated carbocycles. The van der Waals surface area contributed by atoms with Crippen LogP contribution < -0.4 is 0 Å². The third kappa shape index (κ3) is 5.44. The number of carbonyl (C=O) groups excluding carboxylic acids is 1. The molecule has 2 aromatic rings. The lowest BCUT2D eigenvalue weighted by molar-refractivity contribution is 0.112. The standard InChI is InChI=1S/C6H7BrOS.C5H3BrOS/c1-4(8)5-2-3-6(7)9-5;6-5-2-1-4(3-7)8-5/h2-4,8H,1H3;1-3H. The first-order chi connectivity index (χ1) is 8.02. The molecule has 17 heavy (non-hydrogen) atoms. The Labute approximate surface area is 125 Å². The fourth-order valence-electron chi connectivity index (χ4n) is 0.944. The minimum atomic E-state index is -0.332. The normalized spacial score (nSPS) is 11.5. The zero-order chi connectivity index (χ0) is 12.8. The highest BCUT2D eigenvalue weighted by Crippen LogP contribution is 2.26. The van der Waals surface area contributed by atoms with E-state index >= 15 is 0 Å². The number of aldehydes is 1. The Balaban J connectivity index is 0.000000171. The molecule has 0 amide bonds. The van der Waals surface area contributed by atoms with Crippen molar-refractivity contribution in [2.45, 2.75) is 13.0 Å². The molecule has 1 atom stereocenters. The second-order valence-corrected chi connectivity index (χ2v) is 8.07. The lowest BCUT2D eigenvalue weighted by Crippen LogP contribution is -1.82. The molecule has 0 spiro atoms. The van der Waals surface area contributed by atoms with Crippen molar-refractivity contribution < 1.29 is 9.90 Å². The van der Waals surface area contributed by atoms with Crippen LogP contribution in [0.2, 0.25) is 0 Å². The molecule has 2 heterocycles. The second kappa shape index (κ2) is 7.43. The van der Waals surface area contributed by atoms with Crippen molar-refractivity contribution in [3.05, 3.63) is 41.6 Å². The molecular formula is C11H10Br2O2S2. The molecule has 0 aliphatic carbocycles. The topological polar surface area (TPSA) is 37.3 Å². The monoisotopic (exact) mass is 396 g/mol. The molecule has 0 saturated heterocycles. The van der Waals surface area contributed by atoms with Crippen LogP contribution in [0.5, 0.6) is 0 Å². The van der Waals surface area contributed by atoms with E-state index in [9.17, 15) is 4.79 Å². The summed E-state index contributed by atoms with van der Waals surface area (Å²) in [6, 6.07) is 7.49. The van der Waals surface area contributed by atoms with Crippen molar-refractivity contribution in [3.63, 3.8) is 0 Å². The first-order valence-corrected chi connectivity index (χ1v) is 7.88. The first-order valence-electron chi connectivity index (χ1n) is 4.66. The quantitative estimate of drug-likeness (QED) is 0.732. The van der Waals surface area contributed by atoms with E-state index in [-0.39, 0.29) is 6.10 Å². The molecule has 0 bridgehead atoms. The fourth-order valence-corrected chi connectivity index (χ4v) is 3.54. The van der Waals surface area contributed by atoms with Gasteiger partial charge in [0.1, 0.15) is 0 Å². The molecule has 92 valence electrons. The van der Waals surface area contributed by atoms with Crippen molar-refractivity contribution in [2.75, 3.05) is 0 Å². The summed E-state index contributed by atoms with van der Waals surface area (Å²) in [6.07, 6.45) is 0.511. The number of thiophene rings is 2. The van der Waals surface area contributed by atoms with Gasteiger partial charge >= 0.3 is 0 Å². The number of halogens is 2. The van der Waals surface area contributed by atoms with Gasteiger partial charge in [0.25, 0.3) is 0 Å². The van der Waals surface area contributed by atoms with Crippen LogP contribution in [0.3, 0.4) is 0 Å². The third-order valence-electron chi connectivity index (χ3n) is 1.72. The predicted octanol–water partition coefficient (Wildman–Crippen LogP) is 4.89. The molecular weight excluding hydrogens is 388 g/mol. The van der Waals surface area contributed by atoms with Crippen LogP contribution in [-0.4, -0.2) is 11.4 Å². The zero-order valence-corrected chi connectivity index (χ0v) is 13.7. The summed E-state index contributed by atoms with van der Waals surface area (Å²) in [4.78, 5) is 11.8. The average molecular weight is 398 g/mol. The van der Waals surface area contributed by atoms with Gasteiger partial charge in [0.05, 0.1) is 18.6 Å². The number of carbonyl (C=O) groups is 1. The van der Waals surface area contributed by atoms with Gasteiger partial charge in [-0.25, -0.2) is 0 Å². The van der Waals surface area contributed by atoms with Gasteiger partial charge < -0.3 is 5.11 Å². The lowest BCUT2D eigenvalue weighted by atomic mass is 10.3. The number of hydrogen-bond donors (Lipinski definition) is 1. The summed E-state index contributed by atoms with van der Waals surface area (Å²) in [5, 5.41) is 9.03. The molecule has 0 aliphatic rings. The van der Waals surface area contributed by atoms with Gasteiger partial charge in [0.2, 0.25) is 0 Å². The van der Waals surface area contributed by atoms with Gasteiger partial charge in [-0.3, -0.25) is 4.79 Å². The van der Waals surface area contributed by atoms with E-state index in [0.29, 0.717) is 0 Å². The van der Waals surface area contributed by atoms with Crippen LogP contribution in [0.4, 0.5) is 0 Å². The summed E-state index contributed by atoms with van der Waals surface area (Å²) >= 11 is 9.54. The second-order valence-electron chi connectivity index (χ2n) is 3.08. The van der Waals surface area contributed by atoms with Gasteiger partial charge in [0.15, 0.2) is 6.29 Å². The maximum absolute atomic E-state index is 10.0. The number of aliphatic hydroxyl groups excluding tert-OH is 1. The van der Waals surface area contributed by atoms with Gasteiger partial charge in [-0.2, -0.15) is 0 Å². The van der Waals surface area contributed by atoms with Crippen LogP contribution in [0.15, 0.2) is 31.8 Å². The number of aliphatic hydroxyl groups is 1. The molecule has 1 N–H and O–H groups in total. The predicted molar refractivity (Wildman–Crippen MR) is 80.1 cm³/mol. The highest BCUT2D eigenvalue weighted by molar-refractivity contribution is 9.11. The average Bonchev–Trinajstić information content (AvgIpc) is 2.88. The van der Waals surface area contributed by atoms with Crippen LogP contribution in [0.25, 0.3) is 0 Å². The Morgan fingerprint density at radius 1 is 1.18 bits per heavy atom. The van der Waals surface area contributed by atoms with E-state index in [1.54, 1.807) is 24.3 Å². The van der Waals surface area contributed by atoms with Gasteiger partial charge in [-0.15, -0.1) is 22.7 Å². The molecule has 2 rings (SSSR count). The van der Waals surface area contributed by atoms with Crippen LogP contribution in [0, 0.1) is 0 Å². The van der Waals surface area contributed by atoms with Crippen molar-refractivity contribution in [1.82, 2.24) is 0 Å². The lowest BCUT2D eigenvalue weighted by Gasteiger charge is -1.95. The molecule has 2 aromatic heterocycles. The molecule has 2 nitrogen and oxygen atoms in total. The highest BCUT2D eigenvalue weighted by atomic mass is 79.9. The van der Waals surface area contributed by atoms with Crippen molar-refractivity contribution in [3.8, 4) is 0 Å². The van der Waals surface area contributed by atoms with E-state index in [0.717, 1.165) is 23.6 Å². The third-order valence-corrected chi connectivity index (χ3v) is 5.06. The summed E-state index contributed by atoms with van der Waals surface area (Å²) in [7, 11) is 0. The smallest absolute Gasteiger partial charge is 0.160 e. The van der Waals surface area contributed by atoms with Crippen LogP contribution in [-0.2, 0) is 0 Å². The Bertz CT molecular complexity index is 477. The Morgan fingerprint density at radius 2 is 1.76 bits per heavy atom. The highest BCUT2D eigenvalue weighted by Gasteiger charge is 2.01. The van der Waals surface area contributed by atoms with Crippen molar-refractivity contribution in [2.24, 2.45) is 0 Å². The molecule has 0 fully saturated rings. The SMILES string of the molecule is CC(O)c1ccc(Br)s1.O=Cc1ccc(Br)s1. The summed E-state index contributed by atoms with van der Waals surface area (Å²) in [6.45, 7) is 1.76. The van der Waals surface area contributed by atoms with E-state index in [1.807, 2.05) is 18.2 Å². The zero-order valence-electron chi connectivity index (χ0n) is 8.89. The Kier molecular flexibility index (Phi) is 6.58. The summed E-state index contributed by atoms with van der Waals surface area (Å²) < 4.78 is 2.07. The summed E-state index contributed by atoms with van der Waals surface area (Å²) in [5.41, 5.74) is 0. The van der Waals surface area contributed by atoms with Gasteiger partial charge in [0, 0.05) is 4.88 Å². The van der Waals surface area contributed by atoms with Crippen LogP contribution >= 0.6 is 54.5 Å². The molecule has 6 heteroatoms. The first kappa shape index (κ1) is 15.0. The minimum absolute atomic E-state index is 0.332. The van der Waals surface area contributed by atoms with Gasteiger partial charge in [-0.1, -0.05) is 0 Å². The van der Waals surface area contributed by atoms with E-state index in [4.69, 9.17) is 5.11 Å². The van der Waals surface area contributed by atoms with E-state index < -0.39 is 0 Å². The fraction of sp³-hybridized carbons (Fsp3) is 0.182. The Morgan fingerprint density at radius 3 is 2.00 bits per heavy atom. The summed E-state index contributed by atoms with van der Waals surface area (Å²) in [5.74, 6) is 0. The maximum atomic E-state index is 10.0. The van der Waals surface area contributed by atoms with E-state index in [2.05, 4.69) is 31.9 Å². The molecule has 1 unspecified atom stereocenters. The number of hydrogen-bond acceptors (Lipinski definition) is 4. The van der Waals surface area contributed by atoms with Crippen molar-refractivity contribution in [1.29, 1.82) is 0 Å².